The Kier molecular flexibility index (Phi) is 4.42. The first-order valence-electron chi connectivity index (χ1n) is 8.46. The molecule has 2 aromatic carbocycles. The van der Waals surface area contributed by atoms with Crippen LogP contribution in [0.5, 0.6) is 0 Å². The Hall–Kier alpha value is -3.20. The summed E-state index contributed by atoms with van der Waals surface area (Å²) in [5, 5.41) is 4.50. The lowest BCUT2D eigenvalue weighted by Crippen LogP contribution is -2.04. The minimum Gasteiger partial charge on any atom is -0.235 e. The highest BCUT2D eigenvalue weighted by atomic mass is 32.2. The zero-order valence-corrected chi connectivity index (χ0v) is 15.9. The maximum Gasteiger partial charge on any atom is 0.416 e. The molecular formula is C20H14F3N3O2S. The monoisotopic (exact) mass is 417 g/mol. The average Bonchev–Trinajstić information content (AvgIpc) is 3.10. The van der Waals surface area contributed by atoms with E-state index in [4.69, 9.17) is 0 Å². The number of hydrogen-bond acceptors (Lipinski definition) is 4. The molecule has 0 aliphatic rings. The van der Waals surface area contributed by atoms with Crippen molar-refractivity contribution >= 4 is 15.5 Å². The number of sulfone groups is 1. The number of halogens is 3. The van der Waals surface area contributed by atoms with E-state index in [1.54, 1.807) is 35.0 Å². The first-order valence-corrected chi connectivity index (χ1v) is 10.3. The van der Waals surface area contributed by atoms with Crippen LogP contribution in [0.1, 0.15) is 5.56 Å². The second kappa shape index (κ2) is 6.70. The van der Waals surface area contributed by atoms with E-state index in [-0.39, 0.29) is 4.90 Å². The van der Waals surface area contributed by atoms with E-state index >= 15 is 0 Å². The maximum atomic E-state index is 12.8. The van der Waals surface area contributed by atoms with Gasteiger partial charge in [-0.15, -0.1) is 0 Å². The minimum absolute atomic E-state index is 0.202. The summed E-state index contributed by atoms with van der Waals surface area (Å²) in [5.41, 5.74) is 2.19. The highest BCUT2D eigenvalue weighted by molar-refractivity contribution is 7.90. The van der Waals surface area contributed by atoms with E-state index in [2.05, 4.69) is 10.1 Å². The van der Waals surface area contributed by atoms with Crippen molar-refractivity contribution in [2.45, 2.75) is 11.1 Å². The van der Waals surface area contributed by atoms with Crippen LogP contribution in [0.25, 0.3) is 28.2 Å². The summed E-state index contributed by atoms with van der Waals surface area (Å²) in [6.07, 6.45) is -1.66. The largest absolute Gasteiger partial charge is 0.416 e. The smallest absolute Gasteiger partial charge is 0.235 e. The molecule has 5 nitrogen and oxygen atoms in total. The fourth-order valence-corrected chi connectivity index (χ4v) is 3.56. The van der Waals surface area contributed by atoms with Crippen molar-refractivity contribution in [2.24, 2.45) is 0 Å². The molecule has 0 saturated carbocycles. The number of aromatic nitrogens is 3. The Morgan fingerprint density at radius 3 is 2.07 bits per heavy atom. The van der Waals surface area contributed by atoms with Gasteiger partial charge in [0, 0.05) is 17.4 Å². The predicted molar refractivity (Wildman–Crippen MR) is 102 cm³/mol. The molecular weight excluding hydrogens is 403 g/mol. The van der Waals surface area contributed by atoms with Crippen molar-refractivity contribution < 1.29 is 21.6 Å². The van der Waals surface area contributed by atoms with Crippen LogP contribution in [0.4, 0.5) is 13.2 Å². The minimum atomic E-state index is -4.40. The van der Waals surface area contributed by atoms with Gasteiger partial charge in [-0.25, -0.2) is 17.9 Å². The van der Waals surface area contributed by atoms with Crippen molar-refractivity contribution in [3.8, 4) is 22.5 Å². The molecule has 0 bridgehead atoms. The molecule has 0 fully saturated rings. The Balaban J connectivity index is 1.75. The molecule has 0 atom stereocenters. The van der Waals surface area contributed by atoms with Gasteiger partial charge in [-0.05, 0) is 36.4 Å². The summed E-state index contributed by atoms with van der Waals surface area (Å²) < 4.78 is 63.1. The molecule has 0 aliphatic carbocycles. The molecule has 0 amide bonds. The van der Waals surface area contributed by atoms with Crippen molar-refractivity contribution in [3.63, 3.8) is 0 Å². The van der Waals surface area contributed by atoms with Gasteiger partial charge >= 0.3 is 6.18 Å². The first-order chi connectivity index (χ1) is 13.6. The van der Waals surface area contributed by atoms with Gasteiger partial charge in [-0.2, -0.15) is 18.3 Å². The van der Waals surface area contributed by atoms with E-state index in [9.17, 15) is 21.6 Å². The summed E-state index contributed by atoms with van der Waals surface area (Å²) in [6, 6.07) is 14.5. The molecule has 148 valence electrons. The molecule has 4 rings (SSSR count). The molecule has 0 radical (unpaired) electrons. The summed E-state index contributed by atoms with van der Waals surface area (Å²) in [5.74, 6) is 0. The molecule has 9 heteroatoms. The van der Waals surface area contributed by atoms with E-state index in [1.807, 2.05) is 0 Å². The number of rotatable bonds is 3. The van der Waals surface area contributed by atoms with Gasteiger partial charge in [0.05, 0.1) is 28.0 Å². The van der Waals surface area contributed by atoms with E-state index in [1.165, 1.54) is 24.3 Å². The normalized spacial score (nSPS) is 12.4. The summed E-state index contributed by atoms with van der Waals surface area (Å²) in [4.78, 5) is 4.48. The SMILES string of the molecule is CS(=O)(=O)c1ccc(-c2cnc3ccc(-c4ccc(C(F)(F)F)cc4)nn23)cc1. The quantitative estimate of drug-likeness (QED) is 0.493. The molecule has 0 unspecified atom stereocenters. The molecule has 0 aliphatic heterocycles. The highest BCUT2D eigenvalue weighted by Crippen LogP contribution is 2.31. The molecule has 0 saturated heterocycles. The van der Waals surface area contributed by atoms with Crippen LogP contribution in [0.3, 0.4) is 0 Å². The fraction of sp³-hybridized carbons (Fsp3) is 0.100. The third-order valence-corrected chi connectivity index (χ3v) is 5.58. The summed E-state index contributed by atoms with van der Waals surface area (Å²) in [7, 11) is -3.31. The van der Waals surface area contributed by atoms with Gasteiger partial charge < -0.3 is 0 Å². The van der Waals surface area contributed by atoms with Gasteiger partial charge in [-0.1, -0.05) is 24.3 Å². The summed E-state index contributed by atoms with van der Waals surface area (Å²) in [6.45, 7) is 0. The second-order valence-corrected chi connectivity index (χ2v) is 8.52. The van der Waals surface area contributed by atoms with Crippen LogP contribution in [0.2, 0.25) is 0 Å². The van der Waals surface area contributed by atoms with Crippen LogP contribution in [-0.2, 0) is 16.0 Å². The third-order valence-electron chi connectivity index (χ3n) is 4.45. The molecule has 29 heavy (non-hydrogen) atoms. The fourth-order valence-electron chi connectivity index (χ4n) is 2.93. The number of imidazole rings is 1. The lowest BCUT2D eigenvalue weighted by atomic mass is 10.1. The van der Waals surface area contributed by atoms with Gasteiger partial charge in [0.25, 0.3) is 0 Å². The van der Waals surface area contributed by atoms with Gasteiger partial charge in [0.2, 0.25) is 0 Å². The van der Waals surface area contributed by atoms with Gasteiger partial charge in [0.1, 0.15) is 0 Å². The number of benzene rings is 2. The lowest BCUT2D eigenvalue weighted by Gasteiger charge is -2.08. The highest BCUT2D eigenvalue weighted by Gasteiger charge is 2.30. The predicted octanol–water partition coefficient (Wildman–Crippen LogP) is 4.49. The Morgan fingerprint density at radius 1 is 0.862 bits per heavy atom. The molecule has 2 heterocycles. The molecule has 2 aromatic heterocycles. The van der Waals surface area contributed by atoms with Crippen LogP contribution < -0.4 is 0 Å². The van der Waals surface area contributed by atoms with Gasteiger partial charge in [-0.3, -0.25) is 0 Å². The molecule has 0 spiro atoms. The summed E-state index contributed by atoms with van der Waals surface area (Å²) >= 11 is 0. The Bertz CT molecular complexity index is 1290. The molecule has 0 N–H and O–H groups in total. The number of fused-ring (bicyclic) bond motifs is 1. The standard InChI is InChI=1S/C20H14F3N3O2S/c1-29(27,28)16-8-4-14(5-9-16)18-12-24-19-11-10-17(25-26(18)19)13-2-6-15(7-3-13)20(21,22)23/h2-12H,1H3. The van der Waals surface area contributed by atoms with Gasteiger partial charge in [0.15, 0.2) is 15.5 Å². The number of hydrogen-bond donors (Lipinski definition) is 0. The Morgan fingerprint density at radius 2 is 1.48 bits per heavy atom. The van der Waals surface area contributed by atoms with Crippen LogP contribution in [0, 0.1) is 0 Å². The number of alkyl halides is 3. The zero-order chi connectivity index (χ0) is 20.8. The topological polar surface area (TPSA) is 64.3 Å². The number of nitrogens with zero attached hydrogens (tertiary/aromatic N) is 3. The van der Waals surface area contributed by atoms with Crippen LogP contribution in [-0.4, -0.2) is 29.3 Å². The average molecular weight is 417 g/mol. The van der Waals surface area contributed by atoms with E-state index < -0.39 is 21.6 Å². The Labute approximate surface area is 164 Å². The van der Waals surface area contributed by atoms with Crippen LogP contribution >= 0.6 is 0 Å². The van der Waals surface area contributed by atoms with Crippen molar-refractivity contribution in [2.75, 3.05) is 6.26 Å². The second-order valence-electron chi connectivity index (χ2n) is 6.50. The zero-order valence-electron chi connectivity index (χ0n) is 15.1. The lowest BCUT2D eigenvalue weighted by molar-refractivity contribution is -0.137. The third kappa shape index (κ3) is 3.73. The molecule has 4 aromatic rings. The van der Waals surface area contributed by atoms with Crippen LogP contribution in [0.15, 0.2) is 71.8 Å². The first kappa shape index (κ1) is 19.1. The van der Waals surface area contributed by atoms with E-state index in [0.717, 1.165) is 18.4 Å². The van der Waals surface area contributed by atoms with Crippen molar-refractivity contribution in [1.29, 1.82) is 0 Å². The van der Waals surface area contributed by atoms with E-state index in [0.29, 0.717) is 28.2 Å². The maximum absolute atomic E-state index is 12.8. The van der Waals surface area contributed by atoms with Crippen molar-refractivity contribution in [3.05, 3.63) is 72.4 Å². The van der Waals surface area contributed by atoms with Crippen molar-refractivity contribution in [1.82, 2.24) is 14.6 Å².